The third-order valence-electron chi connectivity index (χ3n) is 2.66. The Morgan fingerprint density at radius 3 is 2.81 bits per heavy atom. The summed E-state index contributed by atoms with van der Waals surface area (Å²) in [7, 11) is 0. The Bertz CT molecular complexity index is 424. The van der Waals surface area contributed by atoms with E-state index in [0.717, 1.165) is 0 Å². The molecule has 1 aromatic carbocycles. The fourth-order valence-electron chi connectivity index (χ4n) is 1.83. The zero-order valence-corrected chi connectivity index (χ0v) is 10.9. The summed E-state index contributed by atoms with van der Waals surface area (Å²) in [5, 5.41) is 1.14. The first-order chi connectivity index (χ1) is 7.61. The summed E-state index contributed by atoms with van der Waals surface area (Å²) in [5.41, 5.74) is 0.698. The molecular formula is C11H11Cl2NOS. The van der Waals surface area contributed by atoms with Gasteiger partial charge in [-0.1, -0.05) is 23.2 Å². The average molecular weight is 276 g/mol. The summed E-state index contributed by atoms with van der Waals surface area (Å²) in [5.74, 6) is 1.09. The molecule has 0 N–H and O–H groups in total. The highest BCUT2D eigenvalue weighted by Crippen LogP contribution is 2.33. The Kier molecular flexibility index (Phi) is 3.67. The van der Waals surface area contributed by atoms with Gasteiger partial charge in [0.1, 0.15) is 0 Å². The fraction of sp³-hybridized carbons (Fsp3) is 0.364. The predicted molar refractivity (Wildman–Crippen MR) is 70.8 cm³/mol. The van der Waals surface area contributed by atoms with E-state index in [4.69, 9.17) is 23.2 Å². The first kappa shape index (κ1) is 12.1. The van der Waals surface area contributed by atoms with Crippen molar-refractivity contribution in [3.63, 3.8) is 0 Å². The molecule has 1 aromatic rings. The minimum absolute atomic E-state index is 0.0863. The monoisotopic (exact) mass is 275 g/mol. The summed E-state index contributed by atoms with van der Waals surface area (Å²) >= 11 is 16.2. The van der Waals surface area contributed by atoms with Crippen LogP contribution in [0.15, 0.2) is 18.2 Å². The second-order valence-corrected chi connectivity index (χ2v) is 5.06. The standard InChI is InChI=1S/C11H11Cl2NOS/c12-8-1-2-9(13)10(4-8)14-5-7(6-16)3-11(14)15/h1-2,4,7,16H,3,5-6H2. The van der Waals surface area contributed by atoms with Gasteiger partial charge in [-0.05, 0) is 29.9 Å². The van der Waals surface area contributed by atoms with Gasteiger partial charge in [0.15, 0.2) is 0 Å². The zero-order chi connectivity index (χ0) is 11.7. The van der Waals surface area contributed by atoms with Gasteiger partial charge in [0.25, 0.3) is 0 Å². The fourth-order valence-corrected chi connectivity index (χ4v) is 2.46. The molecule has 16 heavy (non-hydrogen) atoms. The molecule has 1 saturated heterocycles. The van der Waals surface area contributed by atoms with Gasteiger partial charge in [-0.25, -0.2) is 0 Å². The van der Waals surface area contributed by atoms with Crippen molar-refractivity contribution in [2.45, 2.75) is 6.42 Å². The van der Waals surface area contributed by atoms with E-state index in [1.807, 2.05) is 0 Å². The number of nitrogens with zero attached hydrogens (tertiary/aromatic N) is 1. The van der Waals surface area contributed by atoms with Crippen LogP contribution in [0.4, 0.5) is 5.69 Å². The van der Waals surface area contributed by atoms with Crippen LogP contribution in [-0.2, 0) is 4.79 Å². The Balaban J connectivity index is 2.30. The first-order valence-electron chi connectivity index (χ1n) is 4.98. The molecule has 1 aliphatic heterocycles. The lowest BCUT2D eigenvalue weighted by Gasteiger charge is -2.18. The summed E-state index contributed by atoms with van der Waals surface area (Å²) in [4.78, 5) is 13.5. The highest BCUT2D eigenvalue weighted by molar-refractivity contribution is 7.80. The molecule has 5 heteroatoms. The first-order valence-corrected chi connectivity index (χ1v) is 6.37. The Labute approximate surface area is 110 Å². The van der Waals surface area contributed by atoms with Crippen molar-refractivity contribution in [1.82, 2.24) is 0 Å². The lowest BCUT2D eigenvalue weighted by molar-refractivity contribution is -0.117. The van der Waals surface area contributed by atoms with Crippen LogP contribution in [0.3, 0.4) is 0 Å². The van der Waals surface area contributed by atoms with Gasteiger partial charge in [-0.3, -0.25) is 4.79 Å². The molecule has 1 unspecified atom stereocenters. The van der Waals surface area contributed by atoms with E-state index in [1.54, 1.807) is 23.1 Å². The zero-order valence-electron chi connectivity index (χ0n) is 8.49. The summed E-state index contributed by atoms with van der Waals surface area (Å²) in [6, 6.07) is 5.15. The third kappa shape index (κ3) is 2.31. The average Bonchev–Trinajstić information content (AvgIpc) is 2.63. The summed E-state index contributed by atoms with van der Waals surface area (Å²) in [6.45, 7) is 0.669. The predicted octanol–water partition coefficient (Wildman–Crippen LogP) is 3.28. The van der Waals surface area contributed by atoms with Crippen molar-refractivity contribution in [2.75, 3.05) is 17.2 Å². The Morgan fingerprint density at radius 2 is 2.19 bits per heavy atom. The van der Waals surface area contributed by atoms with Gasteiger partial charge < -0.3 is 4.90 Å². The van der Waals surface area contributed by atoms with Crippen molar-refractivity contribution in [1.29, 1.82) is 0 Å². The number of hydrogen-bond acceptors (Lipinski definition) is 2. The van der Waals surface area contributed by atoms with Crippen LogP contribution >= 0.6 is 35.8 Å². The quantitative estimate of drug-likeness (QED) is 0.822. The largest absolute Gasteiger partial charge is 0.311 e. The van der Waals surface area contributed by atoms with Crippen LogP contribution in [0.2, 0.25) is 10.0 Å². The maximum Gasteiger partial charge on any atom is 0.227 e. The van der Waals surface area contributed by atoms with Gasteiger partial charge >= 0.3 is 0 Å². The van der Waals surface area contributed by atoms with Gasteiger partial charge in [0.2, 0.25) is 5.91 Å². The van der Waals surface area contributed by atoms with Crippen LogP contribution in [0.1, 0.15) is 6.42 Å². The molecule has 0 saturated carbocycles. The van der Waals surface area contributed by atoms with Crippen LogP contribution in [0.25, 0.3) is 0 Å². The topological polar surface area (TPSA) is 20.3 Å². The van der Waals surface area contributed by atoms with E-state index in [0.29, 0.717) is 40.4 Å². The smallest absolute Gasteiger partial charge is 0.227 e. The molecule has 0 aliphatic carbocycles. The number of rotatable bonds is 2. The van der Waals surface area contributed by atoms with E-state index >= 15 is 0 Å². The molecule has 2 nitrogen and oxygen atoms in total. The van der Waals surface area contributed by atoms with E-state index < -0.39 is 0 Å². The molecule has 0 aromatic heterocycles. The number of amides is 1. The molecule has 1 fully saturated rings. The van der Waals surface area contributed by atoms with Crippen molar-refractivity contribution < 1.29 is 4.79 Å². The van der Waals surface area contributed by atoms with Crippen LogP contribution in [0.5, 0.6) is 0 Å². The number of anilines is 1. The molecule has 1 heterocycles. The minimum Gasteiger partial charge on any atom is -0.311 e. The summed E-state index contributed by atoms with van der Waals surface area (Å²) < 4.78 is 0. The van der Waals surface area contributed by atoms with E-state index in [1.165, 1.54) is 0 Å². The maximum atomic E-state index is 11.8. The highest BCUT2D eigenvalue weighted by Gasteiger charge is 2.30. The molecule has 1 amide bonds. The number of hydrogen-bond donors (Lipinski definition) is 1. The molecule has 1 aliphatic rings. The van der Waals surface area contributed by atoms with E-state index in [-0.39, 0.29) is 5.91 Å². The van der Waals surface area contributed by atoms with E-state index in [2.05, 4.69) is 12.6 Å². The minimum atomic E-state index is 0.0863. The summed E-state index contributed by atoms with van der Waals surface area (Å²) in [6.07, 6.45) is 0.534. The van der Waals surface area contributed by atoms with E-state index in [9.17, 15) is 4.79 Å². The SMILES string of the molecule is O=C1CC(CS)CN1c1cc(Cl)ccc1Cl. The number of benzene rings is 1. The lowest BCUT2D eigenvalue weighted by Crippen LogP contribution is -2.24. The van der Waals surface area contributed by atoms with Gasteiger partial charge in [0.05, 0.1) is 10.7 Å². The number of carbonyl (C=O) groups is 1. The molecular weight excluding hydrogens is 265 g/mol. The second kappa shape index (κ2) is 4.86. The Hall–Kier alpha value is -0.380. The van der Waals surface area contributed by atoms with Gasteiger partial charge in [-0.15, -0.1) is 0 Å². The van der Waals surface area contributed by atoms with Gasteiger partial charge in [-0.2, -0.15) is 12.6 Å². The maximum absolute atomic E-state index is 11.8. The molecule has 0 spiro atoms. The van der Waals surface area contributed by atoms with Gasteiger partial charge in [0, 0.05) is 18.0 Å². The van der Waals surface area contributed by atoms with Crippen LogP contribution < -0.4 is 4.90 Å². The third-order valence-corrected chi connectivity index (χ3v) is 3.73. The number of thiol groups is 1. The molecule has 0 bridgehead atoms. The van der Waals surface area contributed by atoms with Crippen molar-refractivity contribution in [3.05, 3.63) is 28.2 Å². The van der Waals surface area contributed by atoms with Crippen molar-refractivity contribution in [2.24, 2.45) is 5.92 Å². The molecule has 2 rings (SSSR count). The number of halogens is 2. The highest BCUT2D eigenvalue weighted by atomic mass is 35.5. The van der Waals surface area contributed by atoms with Crippen LogP contribution in [-0.4, -0.2) is 18.2 Å². The van der Waals surface area contributed by atoms with Crippen LogP contribution in [0, 0.1) is 5.92 Å². The van der Waals surface area contributed by atoms with Crippen molar-refractivity contribution >= 4 is 47.4 Å². The molecule has 86 valence electrons. The lowest BCUT2D eigenvalue weighted by atomic mass is 10.1. The molecule has 1 atom stereocenters. The molecule has 0 radical (unpaired) electrons. The normalized spacial score (nSPS) is 20.6. The second-order valence-electron chi connectivity index (χ2n) is 3.85. The Morgan fingerprint density at radius 1 is 1.44 bits per heavy atom. The van der Waals surface area contributed by atoms with Crippen molar-refractivity contribution in [3.8, 4) is 0 Å². The number of carbonyl (C=O) groups excluding carboxylic acids is 1.